The first-order valence-electron chi connectivity index (χ1n) is 5.66. The average molecular weight is 300 g/mol. The van der Waals surface area contributed by atoms with Crippen molar-refractivity contribution in [2.75, 3.05) is 0 Å². The lowest BCUT2D eigenvalue weighted by Crippen LogP contribution is -2.09. The van der Waals surface area contributed by atoms with Crippen LogP contribution in [0.1, 0.15) is 18.5 Å². The molecule has 0 heterocycles. The fourth-order valence-electron chi connectivity index (χ4n) is 1.73. The van der Waals surface area contributed by atoms with Crippen LogP contribution in [0.25, 0.3) is 0 Å². The molecule has 0 radical (unpaired) electrons. The minimum atomic E-state index is -0.492. The van der Waals surface area contributed by atoms with Crippen molar-refractivity contribution in [3.63, 3.8) is 0 Å². The zero-order chi connectivity index (χ0) is 14.0. The van der Waals surface area contributed by atoms with Crippen molar-refractivity contribution in [2.24, 2.45) is 5.73 Å². The first-order chi connectivity index (χ1) is 9.00. The molecule has 0 fully saturated rings. The number of nitrogens with two attached hydrogens (primary N) is 1. The van der Waals surface area contributed by atoms with Gasteiger partial charge in [-0.25, -0.2) is 4.39 Å². The van der Waals surface area contributed by atoms with Crippen LogP contribution in [0.15, 0.2) is 36.4 Å². The normalized spacial score (nSPS) is 12.3. The number of benzene rings is 2. The number of hydrogen-bond donors (Lipinski definition) is 1. The van der Waals surface area contributed by atoms with E-state index in [1.54, 1.807) is 37.3 Å². The van der Waals surface area contributed by atoms with Crippen molar-refractivity contribution in [1.82, 2.24) is 0 Å². The number of rotatable bonds is 3. The van der Waals surface area contributed by atoms with Gasteiger partial charge in [0.25, 0.3) is 0 Å². The average Bonchev–Trinajstić information content (AvgIpc) is 2.34. The predicted octanol–water partition coefficient (Wildman–Crippen LogP) is 4.94. The highest BCUT2D eigenvalue weighted by Gasteiger charge is 2.15. The molecule has 1 unspecified atom stereocenters. The molecule has 0 saturated heterocycles. The Kier molecular flexibility index (Phi) is 4.30. The maximum atomic E-state index is 13.8. The van der Waals surface area contributed by atoms with Crippen LogP contribution in [-0.2, 0) is 0 Å². The minimum absolute atomic E-state index is 0.282. The lowest BCUT2D eigenvalue weighted by atomic mass is 10.1. The fourth-order valence-corrected chi connectivity index (χ4v) is 2.06. The van der Waals surface area contributed by atoms with Crippen LogP contribution in [-0.4, -0.2) is 0 Å². The summed E-state index contributed by atoms with van der Waals surface area (Å²) in [5, 5.41) is 0.655. The van der Waals surface area contributed by atoms with Crippen LogP contribution in [0.5, 0.6) is 11.5 Å². The van der Waals surface area contributed by atoms with E-state index in [0.717, 1.165) is 0 Å². The zero-order valence-electron chi connectivity index (χ0n) is 10.2. The third kappa shape index (κ3) is 3.00. The van der Waals surface area contributed by atoms with Gasteiger partial charge in [0, 0.05) is 11.6 Å². The van der Waals surface area contributed by atoms with Crippen molar-refractivity contribution in [2.45, 2.75) is 13.0 Å². The monoisotopic (exact) mass is 299 g/mol. The molecule has 19 heavy (non-hydrogen) atoms. The molecule has 100 valence electrons. The molecule has 0 aliphatic heterocycles. The second-order valence-electron chi connectivity index (χ2n) is 4.09. The van der Waals surface area contributed by atoms with Gasteiger partial charge >= 0.3 is 0 Å². The van der Waals surface area contributed by atoms with Gasteiger partial charge in [-0.3, -0.25) is 0 Å². The maximum absolute atomic E-state index is 13.8. The topological polar surface area (TPSA) is 35.2 Å². The summed E-state index contributed by atoms with van der Waals surface area (Å²) < 4.78 is 19.4. The van der Waals surface area contributed by atoms with E-state index in [9.17, 15) is 4.39 Å². The Balaban J connectivity index is 2.44. The summed E-state index contributed by atoms with van der Waals surface area (Å²) in [5.41, 5.74) is 6.06. The number of ether oxygens (including phenoxy) is 1. The standard InChI is InChI=1S/C14H12Cl2FNO/c1-8(18)13-10(17)5-3-6-11(13)19-12-7-2-4-9(15)14(12)16/h2-8H,18H2,1H3. The Morgan fingerprint density at radius 3 is 2.42 bits per heavy atom. The molecule has 0 bridgehead atoms. The van der Waals surface area contributed by atoms with E-state index in [4.69, 9.17) is 33.7 Å². The van der Waals surface area contributed by atoms with E-state index in [1.807, 2.05) is 0 Å². The van der Waals surface area contributed by atoms with E-state index < -0.39 is 11.9 Å². The van der Waals surface area contributed by atoms with Crippen LogP contribution in [0.3, 0.4) is 0 Å². The Bertz CT molecular complexity index is 602. The first-order valence-corrected chi connectivity index (χ1v) is 6.42. The van der Waals surface area contributed by atoms with Crippen LogP contribution in [0.4, 0.5) is 4.39 Å². The number of hydrogen-bond acceptors (Lipinski definition) is 2. The molecule has 2 N–H and O–H groups in total. The molecule has 1 atom stereocenters. The minimum Gasteiger partial charge on any atom is -0.455 e. The molecular formula is C14H12Cl2FNO. The summed E-state index contributed by atoms with van der Waals surface area (Å²) in [5.74, 6) is 0.284. The highest BCUT2D eigenvalue weighted by Crippen LogP contribution is 2.37. The molecule has 5 heteroatoms. The van der Waals surface area contributed by atoms with Gasteiger partial charge in [-0.05, 0) is 31.2 Å². The lowest BCUT2D eigenvalue weighted by Gasteiger charge is -2.15. The molecule has 2 aromatic carbocycles. The van der Waals surface area contributed by atoms with Crippen molar-refractivity contribution in [1.29, 1.82) is 0 Å². The van der Waals surface area contributed by atoms with Gasteiger partial charge < -0.3 is 10.5 Å². The Morgan fingerprint density at radius 1 is 1.11 bits per heavy atom. The van der Waals surface area contributed by atoms with Crippen LogP contribution in [0, 0.1) is 5.82 Å². The van der Waals surface area contributed by atoms with E-state index in [-0.39, 0.29) is 5.02 Å². The summed E-state index contributed by atoms with van der Waals surface area (Å²) in [7, 11) is 0. The quantitative estimate of drug-likeness (QED) is 0.871. The predicted molar refractivity (Wildman–Crippen MR) is 75.5 cm³/mol. The lowest BCUT2D eigenvalue weighted by molar-refractivity contribution is 0.461. The summed E-state index contributed by atoms with van der Waals surface area (Å²) in [6, 6.07) is 9.04. The van der Waals surface area contributed by atoms with Crippen molar-refractivity contribution in [3.05, 3.63) is 57.8 Å². The van der Waals surface area contributed by atoms with Gasteiger partial charge in [0.05, 0.1) is 5.02 Å². The first kappa shape index (κ1) is 14.1. The summed E-state index contributed by atoms with van der Waals surface area (Å²) >= 11 is 11.9. The Hall–Kier alpha value is -1.29. The largest absolute Gasteiger partial charge is 0.455 e. The fraction of sp³-hybridized carbons (Fsp3) is 0.143. The van der Waals surface area contributed by atoms with E-state index in [0.29, 0.717) is 22.1 Å². The van der Waals surface area contributed by atoms with Gasteiger partial charge in [-0.2, -0.15) is 0 Å². The van der Waals surface area contributed by atoms with E-state index in [2.05, 4.69) is 0 Å². The van der Waals surface area contributed by atoms with Gasteiger partial charge in [-0.15, -0.1) is 0 Å². The van der Waals surface area contributed by atoms with Crippen LogP contribution >= 0.6 is 23.2 Å². The molecule has 0 aliphatic rings. The Labute approximate surface area is 120 Å². The summed E-state index contributed by atoms with van der Waals surface area (Å²) in [6.07, 6.45) is 0. The van der Waals surface area contributed by atoms with Crippen LogP contribution in [0.2, 0.25) is 10.0 Å². The molecule has 0 saturated carbocycles. The van der Waals surface area contributed by atoms with Crippen LogP contribution < -0.4 is 10.5 Å². The van der Waals surface area contributed by atoms with E-state index >= 15 is 0 Å². The highest BCUT2D eigenvalue weighted by atomic mass is 35.5. The van der Waals surface area contributed by atoms with Crippen molar-refractivity contribution < 1.29 is 9.13 Å². The highest BCUT2D eigenvalue weighted by molar-refractivity contribution is 6.42. The smallest absolute Gasteiger partial charge is 0.147 e. The molecule has 0 amide bonds. The molecule has 2 aromatic rings. The number of halogens is 3. The third-order valence-corrected chi connectivity index (χ3v) is 3.41. The second-order valence-corrected chi connectivity index (χ2v) is 4.88. The van der Waals surface area contributed by atoms with Gasteiger partial charge in [0.2, 0.25) is 0 Å². The zero-order valence-corrected chi connectivity index (χ0v) is 11.7. The molecule has 0 spiro atoms. The molecule has 2 rings (SSSR count). The van der Waals surface area contributed by atoms with Crippen molar-refractivity contribution in [3.8, 4) is 11.5 Å². The van der Waals surface area contributed by atoms with Gasteiger partial charge in [0.1, 0.15) is 22.3 Å². The third-order valence-electron chi connectivity index (χ3n) is 2.60. The maximum Gasteiger partial charge on any atom is 0.147 e. The van der Waals surface area contributed by atoms with E-state index in [1.165, 1.54) is 6.07 Å². The summed E-state index contributed by atoms with van der Waals surface area (Å²) in [4.78, 5) is 0. The molecule has 0 aliphatic carbocycles. The summed E-state index contributed by atoms with van der Waals surface area (Å²) in [6.45, 7) is 1.69. The second kappa shape index (κ2) is 5.78. The van der Waals surface area contributed by atoms with Gasteiger partial charge in [-0.1, -0.05) is 35.3 Å². The molecule has 2 nitrogen and oxygen atoms in total. The van der Waals surface area contributed by atoms with Crippen molar-refractivity contribution >= 4 is 23.2 Å². The molecule has 0 aromatic heterocycles. The Morgan fingerprint density at radius 2 is 1.74 bits per heavy atom. The SMILES string of the molecule is CC(N)c1c(F)cccc1Oc1cccc(Cl)c1Cl. The van der Waals surface area contributed by atoms with Gasteiger partial charge in [0.15, 0.2) is 0 Å². The molecular weight excluding hydrogens is 288 g/mol.